The van der Waals surface area contributed by atoms with Crippen LogP contribution in [-0.2, 0) is 21.4 Å². The Morgan fingerprint density at radius 2 is 1.85 bits per heavy atom. The van der Waals surface area contributed by atoms with Crippen molar-refractivity contribution in [2.24, 2.45) is 0 Å². The van der Waals surface area contributed by atoms with Crippen LogP contribution in [0.3, 0.4) is 0 Å². The summed E-state index contributed by atoms with van der Waals surface area (Å²) in [5.74, 6) is -0.527. The molecule has 0 bridgehead atoms. The molecule has 34 heavy (non-hydrogen) atoms. The van der Waals surface area contributed by atoms with Gasteiger partial charge in [-0.3, -0.25) is 18.9 Å². The third-order valence-corrected chi connectivity index (χ3v) is 6.48. The van der Waals surface area contributed by atoms with E-state index in [-0.39, 0.29) is 18.9 Å². The molecule has 0 fully saturated rings. The number of hydrogen-bond acceptors (Lipinski definition) is 6. The number of hydrogen-bond donors (Lipinski definition) is 2. The molecule has 1 unspecified atom stereocenters. The molecule has 0 saturated heterocycles. The van der Waals surface area contributed by atoms with E-state index in [4.69, 9.17) is 4.74 Å². The molecule has 0 aliphatic carbocycles. The summed E-state index contributed by atoms with van der Waals surface area (Å²) in [5.41, 5.74) is 1.86. The van der Waals surface area contributed by atoms with Crippen molar-refractivity contribution in [1.29, 1.82) is 0 Å². The molecule has 1 aliphatic heterocycles. The summed E-state index contributed by atoms with van der Waals surface area (Å²) < 4.78 is 31.7. The molecule has 0 spiro atoms. The number of nitrogens with one attached hydrogen (secondary N) is 2. The fraction of sp³-hybridized carbons (Fsp3) is 0.208. The highest BCUT2D eigenvalue weighted by Crippen LogP contribution is 2.34. The Balaban J connectivity index is 1.50. The summed E-state index contributed by atoms with van der Waals surface area (Å²) in [6.07, 6.45) is 3.63. The van der Waals surface area contributed by atoms with E-state index >= 15 is 0 Å². The lowest BCUT2D eigenvalue weighted by Gasteiger charge is -2.20. The maximum atomic E-state index is 13.1. The Kier molecular flexibility index (Phi) is 6.78. The molecule has 2 aromatic carbocycles. The topological polar surface area (TPSA) is 118 Å². The van der Waals surface area contributed by atoms with Crippen molar-refractivity contribution in [2.45, 2.75) is 19.1 Å². The van der Waals surface area contributed by atoms with Crippen LogP contribution in [0.25, 0.3) is 0 Å². The summed E-state index contributed by atoms with van der Waals surface area (Å²) in [4.78, 5) is 29.9. The van der Waals surface area contributed by atoms with Gasteiger partial charge in [-0.1, -0.05) is 30.3 Å². The first-order valence-corrected chi connectivity index (χ1v) is 12.5. The molecule has 1 aliphatic rings. The summed E-state index contributed by atoms with van der Waals surface area (Å²) in [5, 5.41) is 5.59. The number of benzene rings is 2. The number of pyridine rings is 1. The van der Waals surface area contributed by atoms with Crippen LogP contribution in [-0.4, -0.2) is 44.1 Å². The molecule has 4 rings (SSSR count). The van der Waals surface area contributed by atoms with Gasteiger partial charge >= 0.3 is 0 Å². The SMILES string of the molecule is CS(=O)(=O)N1CCC(C(=O)Nc2ccccc2C(=O)NCc2cccnc2)Oc2ccccc21. The average molecular weight is 481 g/mol. The lowest BCUT2D eigenvalue weighted by Crippen LogP contribution is -2.36. The molecule has 2 amide bonds. The zero-order valence-corrected chi connectivity index (χ0v) is 19.3. The first-order valence-electron chi connectivity index (χ1n) is 10.6. The van der Waals surface area contributed by atoms with Gasteiger partial charge in [0.15, 0.2) is 6.10 Å². The van der Waals surface area contributed by atoms with Crippen molar-refractivity contribution in [1.82, 2.24) is 10.3 Å². The molecule has 0 radical (unpaired) electrons. The molecule has 2 N–H and O–H groups in total. The number of amides is 2. The number of anilines is 2. The lowest BCUT2D eigenvalue weighted by atomic mass is 10.1. The van der Waals surface area contributed by atoms with Gasteiger partial charge in [-0.05, 0) is 35.9 Å². The number of aromatic nitrogens is 1. The quantitative estimate of drug-likeness (QED) is 0.560. The lowest BCUT2D eigenvalue weighted by molar-refractivity contribution is -0.122. The van der Waals surface area contributed by atoms with Crippen LogP contribution in [0.4, 0.5) is 11.4 Å². The van der Waals surface area contributed by atoms with E-state index < -0.39 is 22.0 Å². The molecule has 1 aromatic heterocycles. The standard InChI is InChI=1S/C24H24N4O5S/c1-34(31,32)28-14-12-22(33-21-11-5-4-10-20(21)28)24(30)27-19-9-3-2-8-18(19)23(29)26-16-17-7-6-13-25-15-17/h2-11,13,15,22H,12,14,16H2,1H3,(H,26,29)(H,27,30). The molecule has 9 nitrogen and oxygen atoms in total. The minimum Gasteiger partial charge on any atom is -0.478 e. The predicted molar refractivity (Wildman–Crippen MR) is 128 cm³/mol. The highest BCUT2D eigenvalue weighted by Gasteiger charge is 2.31. The zero-order valence-electron chi connectivity index (χ0n) is 18.5. The summed E-state index contributed by atoms with van der Waals surface area (Å²) >= 11 is 0. The number of para-hydroxylation sites is 3. The molecule has 0 saturated carbocycles. The van der Waals surface area contributed by atoms with Gasteiger partial charge in [-0.15, -0.1) is 0 Å². The minimum absolute atomic E-state index is 0.0845. The number of carbonyl (C=O) groups excluding carboxylic acids is 2. The van der Waals surface area contributed by atoms with E-state index in [0.717, 1.165) is 11.8 Å². The number of carbonyl (C=O) groups is 2. The zero-order chi connectivity index (χ0) is 24.1. The van der Waals surface area contributed by atoms with Crippen LogP contribution < -0.4 is 19.7 Å². The molecule has 3 aromatic rings. The fourth-order valence-electron chi connectivity index (χ4n) is 3.64. The van der Waals surface area contributed by atoms with Gasteiger partial charge in [0.25, 0.3) is 11.8 Å². The Morgan fingerprint density at radius 1 is 1.09 bits per heavy atom. The monoisotopic (exact) mass is 480 g/mol. The maximum Gasteiger partial charge on any atom is 0.265 e. The highest BCUT2D eigenvalue weighted by molar-refractivity contribution is 7.92. The van der Waals surface area contributed by atoms with E-state index in [9.17, 15) is 18.0 Å². The molecule has 1 atom stereocenters. The number of fused-ring (bicyclic) bond motifs is 1. The van der Waals surface area contributed by atoms with Crippen LogP contribution in [0.5, 0.6) is 5.75 Å². The Hall–Kier alpha value is -3.92. The number of rotatable bonds is 6. The predicted octanol–water partition coefficient (Wildman–Crippen LogP) is 2.57. The Labute approximate surface area is 197 Å². The van der Waals surface area contributed by atoms with Gasteiger partial charge in [0.2, 0.25) is 10.0 Å². The van der Waals surface area contributed by atoms with E-state index in [1.54, 1.807) is 67.0 Å². The van der Waals surface area contributed by atoms with E-state index in [1.807, 2.05) is 6.07 Å². The molecule has 2 heterocycles. The summed E-state index contributed by atoms with van der Waals surface area (Å²) in [6.45, 7) is 0.375. The largest absolute Gasteiger partial charge is 0.478 e. The minimum atomic E-state index is -3.55. The third kappa shape index (κ3) is 5.34. The van der Waals surface area contributed by atoms with E-state index in [2.05, 4.69) is 15.6 Å². The second-order valence-corrected chi connectivity index (χ2v) is 9.68. The molecular weight excluding hydrogens is 456 g/mol. The average Bonchev–Trinajstić information content (AvgIpc) is 3.03. The van der Waals surface area contributed by atoms with Crippen LogP contribution in [0.15, 0.2) is 73.1 Å². The van der Waals surface area contributed by atoms with Gasteiger partial charge in [-0.25, -0.2) is 8.42 Å². The molecule has 176 valence electrons. The number of nitrogens with zero attached hydrogens (tertiary/aromatic N) is 2. The van der Waals surface area contributed by atoms with Gasteiger partial charge in [-0.2, -0.15) is 0 Å². The van der Waals surface area contributed by atoms with Crippen molar-refractivity contribution >= 4 is 33.2 Å². The molecular formula is C24H24N4O5S. The van der Waals surface area contributed by atoms with Crippen molar-refractivity contribution in [3.63, 3.8) is 0 Å². The Bertz CT molecular complexity index is 1300. The Morgan fingerprint density at radius 3 is 2.62 bits per heavy atom. The molecule has 10 heteroatoms. The van der Waals surface area contributed by atoms with Crippen molar-refractivity contribution in [3.8, 4) is 5.75 Å². The fourth-order valence-corrected chi connectivity index (χ4v) is 4.59. The smallest absolute Gasteiger partial charge is 0.265 e. The van der Waals surface area contributed by atoms with E-state index in [1.165, 1.54) is 4.31 Å². The number of ether oxygens (including phenoxy) is 1. The highest BCUT2D eigenvalue weighted by atomic mass is 32.2. The first-order chi connectivity index (χ1) is 16.3. The second kappa shape index (κ2) is 9.92. The normalized spacial score (nSPS) is 15.4. The van der Waals surface area contributed by atoms with Crippen molar-refractivity contribution in [2.75, 3.05) is 22.4 Å². The van der Waals surface area contributed by atoms with Gasteiger partial charge in [0.05, 0.1) is 23.2 Å². The van der Waals surface area contributed by atoms with Crippen molar-refractivity contribution < 1.29 is 22.7 Å². The van der Waals surface area contributed by atoms with E-state index in [0.29, 0.717) is 29.2 Å². The van der Waals surface area contributed by atoms with Gasteiger partial charge in [0.1, 0.15) is 5.75 Å². The van der Waals surface area contributed by atoms with Crippen LogP contribution in [0.2, 0.25) is 0 Å². The maximum absolute atomic E-state index is 13.1. The van der Waals surface area contributed by atoms with Gasteiger partial charge < -0.3 is 15.4 Å². The third-order valence-electron chi connectivity index (χ3n) is 5.30. The van der Waals surface area contributed by atoms with Crippen LogP contribution in [0.1, 0.15) is 22.3 Å². The summed E-state index contributed by atoms with van der Waals surface area (Å²) in [6, 6.07) is 17.0. The number of sulfonamides is 1. The first kappa shape index (κ1) is 23.2. The van der Waals surface area contributed by atoms with Crippen LogP contribution in [0, 0.1) is 0 Å². The summed E-state index contributed by atoms with van der Waals surface area (Å²) in [7, 11) is -3.55. The van der Waals surface area contributed by atoms with Crippen LogP contribution >= 0.6 is 0 Å². The van der Waals surface area contributed by atoms with Crippen molar-refractivity contribution in [3.05, 3.63) is 84.2 Å². The second-order valence-electron chi connectivity index (χ2n) is 7.78. The van der Waals surface area contributed by atoms with Gasteiger partial charge in [0, 0.05) is 31.9 Å².